The van der Waals surface area contributed by atoms with Crippen LogP contribution in [-0.2, 0) is 17.8 Å². The minimum Gasteiger partial charge on any atom is -0.488 e. The molecule has 0 saturated carbocycles. The molecule has 4 aromatic carbocycles. The van der Waals surface area contributed by atoms with Gasteiger partial charge in [-0.15, -0.1) is 0 Å². The topological polar surface area (TPSA) is 50.7 Å². The van der Waals surface area contributed by atoms with E-state index in [1.165, 1.54) is 16.3 Å². The van der Waals surface area contributed by atoms with Crippen LogP contribution in [0.25, 0.3) is 10.8 Å². The summed E-state index contributed by atoms with van der Waals surface area (Å²) in [5.41, 5.74) is 6.64. The summed E-state index contributed by atoms with van der Waals surface area (Å²) in [5.74, 6) is 0.557. The molecular formula is C27H24N2O2. The van der Waals surface area contributed by atoms with Gasteiger partial charge in [-0.1, -0.05) is 84.4 Å². The highest BCUT2D eigenvalue weighted by atomic mass is 16.5. The third kappa shape index (κ3) is 5.37. The molecule has 0 bridgehead atoms. The standard InChI is InChI=1S/C27H24N2O2/c1-20-13-15-21(16-14-20)17-27(30)29-28-18-23-8-3-5-12-26(23)31-19-24-10-6-9-22-7-2-4-11-25(22)24/h2-16,18H,17,19H2,1H3,(H,29,30)/b28-18+. The summed E-state index contributed by atoms with van der Waals surface area (Å²) in [5, 5.41) is 6.49. The average Bonchev–Trinajstić information content (AvgIpc) is 2.80. The van der Waals surface area contributed by atoms with Gasteiger partial charge in [0.25, 0.3) is 0 Å². The Bertz CT molecular complexity index is 1210. The van der Waals surface area contributed by atoms with Crippen molar-refractivity contribution in [3.8, 4) is 5.75 Å². The molecule has 0 radical (unpaired) electrons. The highest BCUT2D eigenvalue weighted by Crippen LogP contribution is 2.22. The average molecular weight is 409 g/mol. The van der Waals surface area contributed by atoms with Crippen molar-refractivity contribution in [2.24, 2.45) is 5.10 Å². The summed E-state index contributed by atoms with van der Waals surface area (Å²) in [6.07, 6.45) is 1.91. The number of hydrogen-bond donors (Lipinski definition) is 1. The van der Waals surface area contributed by atoms with E-state index in [-0.39, 0.29) is 12.3 Å². The van der Waals surface area contributed by atoms with E-state index in [0.717, 1.165) is 16.7 Å². The number of benzene rings is 4. The van der Waals surface area contributed by atoms with Gasteiger partial charge in [0.2, 0.25) is 5.91 Å². The number of hydrazone groups is 1. The number of amides is 1. The summed E-state index contributed by atoms with van der Waals surface area (Å²) in [6.45, 7) is 2.47. The third-order valence-electron chi connectivity index (χ3n) is 5.06. The summed E-state index contributed by atoms with van der Waals surface area (Å²) < 4.78 is 6.09. The maximum absolute atomic E-state index is 12.2. The van der Waals surface area contributed by atoms with E-state index in [0.29, 0.717) is 12.4 Å². The number of carbonyl (C=O) groups excluding carboxylic acids is 1. The number of carbonyl (C=O) groups is 1. The zero-order valence-corrected chi connectivity index (χ0v) is 17.4. The Balaban J connectivity index is 1.40. The van der Waals surface area contributed by atoms with Crippen LogP contribution in [0.15, 0.2) is 96.1 Å². The van der Waals surface area contributed by atoms with E-state index in [9.17, 15) is 4.79 Å². The van der Waals surface area contributed by atoms with E-state index in [1.807, 2.05) is 73.7 Å². The first-order valence-electron chi connectivity index (χ1n) is 10.2. The number of fused-ring (bicyclic) bond motifs is 1. The molecule has 0 unspecified atom stereocenters. The first-order valence-corrected chi connectivity index (χ1v) is 10.2. The number of rotatable bonds is 7. The fourth-order valence-corrected chi connectivity index (χ4v) is 3.40. The monoisotopic (exact) mass is 408 g/mol. The normalized spacial score (nSPS) is 11.0. The van der Waals surface area contributed by atoms with Gasteiger partial charge in [-0.2, -0.15) is 5.10 Å². The Hall–Kier alpha value is -3.92. The number of para-hydroxylation sites is 1. The van der Waals surface area contributed by atoms with Crippen molar-refractivity contribution in [3.63, 3.8) is 0 Å². The Morgan fingerprint density at radius 3 is 2.52 bits per heavy atom. The second-order valence-electron chi connectivity index (χ2n) is 7.42. The highest BCUT2D eigenvalue weighted by Gasteiger charge is 2.05. The van der Waals surface area contributed by atoms with Crippen LogP contribution in [0.2, 0.25) is 0 Å². The van der Waals surface area contributed by atoms with E-state index in [4.69, 9.17) is 4.74 Å². The SMILES string of the molecule is Cc1ccc(CC(=O)N/N=C/c2ccccc2OCc2cccc3ccccc23)cc1. The first kappa shape index (κ1) is 20.4. The zero-order valence-electron chi connectivity index (χ0n) is 17.4. The second-order valence-corrected chi connectivity index (χ2v) is 7.42. The Labute approximate surface area is 182 Å². The third-order valence-corrected chi connectivity index (χ3v) is 5.06. The van der Waals surface area contributed by atoms with Gasteiger partial charge >= 0.3 is 0 Å². The summed E-state index contributed by atoms with van der Waals surface area (Å²) >= 11 is 0. The fraction of sp³-hybridized carbons (Fsp3) is 0.111. The quantitative estimate of drug-likeness (QED) is 0.328. The van der Waals surface area contributed by atoms with Gasteiger partial charge in [0.15, 0.2) is 0 Å². The van der Waals surface area contributed by atoms with Crippen molar-refractivity contribution in [1.29, 1.82) is 0 Å². The molecule has 4 aromatic rings. The Morgan fingerprint density at radius 1 is 0.903 bits per heavy atom. The molecule has 0 fully saturated rings. The number of nitrogens with one attached hydrogen (secondary N) is 1. The maximum atomic E-state index is 12.2. The molecule has 0 aliphatic carbocycles. The molecule has 4 rings (SSSR count). The van der Waals surface area contributed by atoms with Gasteiger partial charge in [0.05, 0.1) is 12.6 Å². The molecule has 0 aliphatic heterocycles. The van der Waals surface area contributed by atoms with Crippen LogP contribution in [0, 0.1) is 6.92 Å². The lowest BCUT2D eigenvalue weighted by Crippen LogP contribution is -2.19. The molecule has 0 spiro atoms. The molecule has 4 heteroatoms. The molecule has 1 amide bonds. The van der Waals surface area contributed by atoms with Crippen molar-refractivity contribution in [3.05, 3.63) is 113 Å². The van der Waals surface area contributed by atoms with E-state index in [2.05, 4.69) is 34.8 Å². The van der Waals surface area contributed by atoms with Crippen molar-refractivity contribution in [1.82, 2.24) is 5.43 Å². The number of hydrogen-bond acceptors (Lipinski definition) is 3. The number of ether oxygens (including phenoxy) is 1. The van der Waals surface area contributed by atoms with Crippen LogP contribution in [-0.4, -0.2) is 12.1 Å². The number of nitrogens with zero attached hydrogens (tertiary/aromatic N) is 1. The van der Waals surface area contributed by atoms with Crippen LogP contribution >= 0.6 is 0 Å². The van der Waals surface area contributed by atoms with E-state index in [1.54, 1.807) is 6.21 Å². The zero-order chi connectivity index (χ0) is 21.5. The van der Waals surface area contributed by atoms with Crippen LogP contribution in [0.3, 0.4) is 0 Å². The first-order chi connectivity index (χ1) is 15.2. The summed E-state index contributed by atoms with van der Waals surface area (Å²) in [6, 6.07) is 30.0. The minimum atomic E-state index is -0.158. The number of aryl methyl sites for hydroxylation is 1. The van der Waals surface area contributed by atoms with Crippen LogP contribution in [0.5, 0.6) is 5.75 Å². The van der Waals surface area contributed by atoms with Gasteiger partial charge < -0.3 is 4.74 Å². The molecule has 154 valence electrons. The van der Waals surface area contributed by atoms with Gasteiger partial charge in [0.1, 0.15) is 12.4 Å². The lowest BCUT2D eigenvalue weighted by molar-refractivity contribution is -0.120. The van der Waals surface area contributed by atoms with Gasteiger partial charge in [0, 0.05) is 5.56 Å². The van der Waals surface area contributed by atoms with Crippen LogP contribution in [0.1, 0.15) is 22.3 Å². The smallest absolute Gasteiger partial charge is 0.244 e. The maximum Gasteiger partial charge on any atom is 0.244 e. The molecule has 0 atom stereocenters. The van der Waals surface area contributed by atoms with Crippen molar-refractivity contribution < 1.29 is 9.53 Å². The molecule has 0 aromatic heterocycles. The van der Waals surface area contributed by atoms with Crippen LogP contribution < -0.4 is 10.2 Å². The summed E-state index contributed by atoms with van der Waals surface area (Å²) in [4.78, 5) is 12.2. The Morgan fingerprint density at radius 2 is 1.65 bits per heavy atom. The Kier molecular flexibility index (Phi) is 6.38. The van der Waals surface area contributed by atoms with Crippen molar-refractivity contribution in [2.75, 3.05) is 0 Å². The second kappa shape index (κ2) is 9.72. The van der Waals surface area contributed by atoms with Gasteiger partial charge in [-0.05, 0) is 41.0 Å². The molecule has 0 heterocycles. The minimum absolute atomic E-state index is 0.158. The predicted molar refractivity (Wildman–Crippen MR) is 125 cm³/mol. The molecular weight excluding hydrogens is 384 g/mol. The fourth-order valence-electron chi connectivity index (χ4n) is 3.40. The van der Waals surface area contributed by atoms with Gasteiger partial charge in [-0.3, -0.25) is 4.79 Å². The molecule has 1 N–H and O–H groups in total. The lowest BCUT2D eigenvalue weighted by Gasteiger charge is -2.11. The van der Waals surface area contributed by atoms with Crippen molar-refractivity contribution >= 4 is 22.9 Å². The summed E-state index contributed by atoms with van der Waals surface area (Å²) in [7, 11) is 0. The van der Waals surface area contributed by atoms with Crippen molar-refractivity contribution in [2.45, 2.75) is 20.0 Å². The molecule has 4 nitrogen and oxygen atoms in total. The lowest BCUT2D eigenvalue weighted by atomic mass is 10.1. The molecule has 31 heavy (non-hydrogen) atoms. The molecule has 0 saturated heterocycles. The van der Waals surface area contributed by atoms with Crippen LogP contribution in [0.4, 0.5) is 0 Å². The van der Waals surface area contributed by atoms with E-state index < -0.39 is 0 Å². The molecule has 0 aliphatic rings. The highest BCUT2D eigenvalue weighted by molar-refractivity contribution is 5.86. The largest absolute Gasteiger partial charge is 0.488 e. The van der Waals surface area contributed by atoms with E-state index >= 15 is 0 Å². The predicted octanol–water partition coefficient (Wildman–Crippen LogP) is 5.42. The van der Waals surface area contributed by atoms with Gasteiger partial charge in [-0.25, -0.2) is 5.43 Å².